The molecule has 0 unspecified atom stereocenters. The van der Waals surface area contributed by atoms with E-state index < -0.39 is 15.8 Å². The second-order valence-electron chi connectivity index (χ2n) is 6.04. The minimum absolute atomic E-state index is 0.0141. The van der Waals surface area contributed by atoms with Crippen molar-refractivity contribution >= 4 is 10.0 Å². The summed E-state index contributed by atoms with van der Waals surface area (Å²) in [5.74, 6) is 0.124. The van der Waals surface area contributed by atoms with Gasteiger partial charge < -0.3 is 4.74 Å². The summed E-state index contributed by atoms with van der Waals surface area (Å²) < 4.78 is 45.2. The third-order valence-corrected chi connectivity index (χ3v) is 5.70. The maximum absolute atomic E-state index is 13.3. The SMILES string of the molecule is COc1ccc(S(=O)(=O)n2nc(-c3ccncc3)c(-c3ccc(F)cc3)n2)cc1. The molecule has 0 amide bonds. The van der Waals surface area contributed by atoms with E-state index in [9.17, 15) is 12.8 Å². The number of hydrogen-bond acceptors (Lipinski definition) is 6. The fourth-order valence-electron chi connectivity index (χ4n) is 2.74. The van der Waals surface area contributed by atoms with E-state index in [1.165, 1.54) is 43.5 Å². The lowest BCUT2D eigenvalue weighted by Crippen LogP contribution is -2.16. The van der Waals surface area contributed by atoms with E-state index in [2.05, 4.69) is 15.2 Å². The van der Waals surface area contributed by atoms with Crippen LogP contribution in [0.15, 0.2) is 78.0 Å². The van der Waals surface area contributed by atoms with Gasteiger partial charge in [-0.2, -0.15) is 8.42 Å². The Kier molecular flexibility index (Phi) is 4.81. The van der Waals surface area contributed by atoms with Crippen molar-refractivity contribution in [2.45, 2.75) is 4.90 Å². The summed E-state index contributed by atoms with van der Waals surface area (Å²) in [5, 5.41) is 8.46. The number of pyridine rings is 1. The molecule has 0 radical (unpaired) electrons. The summed E-state index contributed by atoms with van der Waals surface area (Å²) >= 11 is 0. The normalized spacial score (nSPS) is 11.4. The first-order chi connectivity index (χ1) is 14.0. The number of hydrogen-bond donors (Lipinski definition) is 0. The van der Waals surface area contributed by atoms with Gasteiger partial charge in [-0.3, -0.25) is 4.98 Å². The van der Waals surface area contributed by atoms with Gasteiger partial charge in [0.15, 0.2) is 0 Å². The Bertz CT molecular complexity index is 1240. The highest BCUT2D eigenvalue weighted by Gasteiger charge is 2.24. The lowest BCUT2D eigenvalue weighted by molar-refractivity contribution is 0.414. The van der Waals surface area contributed by atoms with Gasteiger partial charge >= 0.3 is 0 Å². The maximum atomic E-state index is 13.3. The molecule has 0 spiro atoms. The second kappa shape index (κ2) is 7.44. The largest absolute Gasteiger partial charge is 0.497 e. The van der Waals surface area contributed by atoms with Crippen molar-refractivity contribution in [3.8, 4) is 28.3 Å². The molecule has 0 bridgehead atoms. The highest BCUT2D eigenvalue weighted by molar-refractivity contribution is 7.89. The van der Waals surface area contributed by atoms with Gasteiger partial charge in [-0.1, -0.05) is 4.20 Å². The summed E-state index contributed by atoms with van der Waals surface area (Å²) in [4.78, 5) is 3.98. The third-order valence-electron chi connectivity index (χ3n) is 4.24. The van der Waals surface area contributed by atoms with Crippen LogP contribution in [0.2, 0.25) is 0 Å². The highest BCUT2D eigenvalue weighted by atomic mass is 32.2. The zero-order valence-corrected chi connectivity index (χ0v) is 16.0. The molecule has 0 aliphatic heterocycles. The van der Waals surface area contributed by atoms with Gasteiger partial charge in [0.25, 0.3) is 10.0 Å². The van der Waals surface area contributed by atoms with Crippen LogP contribution >= 0.6 is 0 Å². The van der Waals surface area contributed by atoms with Crippen molar-refractivity contribution in [1.29, 1.82) is 0 Å². The summed E-state index contributed by atoms with van der Waals surface area (Å²) in [6.07, 6.45) is 3.14. The number of benzene rings is 2. The zero-order valence-electron chi connectivity index (χ0n) is 15.2. The second-order valence-corrected chi connectivity index (χ2v) is 7.79. The van der Waals surface area contributed by atoms with Crippen LogP contribution in [0.3, 0.4) is 0 Å². The number of nitrogens with zero attached hydrogens (tertiary/aromatic N) is 4. The average molecular weight is 410 g/mol. The summed E-state index contributed by atoms with van der Waals surface area (Å²) in [5.41, 5.74) is 1.83. The number of methoxy groups -OCH3 is 1. The van der Waals surface area contributed by atoms with E-state index in [4.69, 9.17) is 4.74 Å². The Labute approximate surface area is 166 Å². The quantitative estimate of drug-likeness (QED) is 0.501. The monoisotopic (exact) mass is 410 g/mol. The van der Waals surface area contributed by atoms with Gasteiger partial charge in [-0.05, 0) is 60.7 Å². The highest BCUT2D eigenvalue weighted by Crippen LogP contribution is 2.30. The molecular formula is C20H15FN4O3S. The molecule has 4 rings (SSSR count). The lowest BCUT2D eigenvalue weighted by Gasteiger charge is -2.04. The van der Waals surface area contributed by atoms with Crippen LogP contribution in [0.25, 0.3) is 22.5 Å². The van der Waals surface area contributed by atoms with Crippen LogP contribution in [-0.2, 0) is 10.0 Å². The summed E-state index contributed by atoms with van der Waals surface area (Å²) in [6, 6.07) is 14.9. The molecule has 2 aromatic heterocycles. The van der Waals surface area contributed by atoms with Crippen LogP contribution < -0.4 is 4.74 Å². The minimum Gasteiger partial charge on any atom is -0.497 e. The summed E-state index contributed by atoms with van der Waals surface area (Å²) in [7, 11) is -2.55. The molecule has 0 saturated heterocycles. The molecule has 0 saturated carbocycles. The van der Waals surface area contributed by atoms with E-state index in [1.807, 2.05) is 0 Å². The summed E-state index contributed by atoms with van der Waals surface area (Å²) in [6.45, 7) is 0. The zero-order chi connectivity index (χ0) is 20.4. The molecule has 0 aliphatic carbocycles. The first-order valence-electron chi connectivity index (χ1n) is 8.52. The van der Waals surface area contributed by atoms with Crippen LogP contribution in [0.5, 0.6) is 5.75 Å². The average Bonchev–Trinajstić information content (AvgIpc) is 3.21. The molecule has 0 atom stereocenters. The first kappa shape index (κ1) is 18.8. The van der Waals surface area contributed by atoms with Gasteiger partial charge in [-0.15, -0.1) is 10.2 Å². The topological polar surface area (TPSA) is 87.0 Å². The van der Waals surface area contributed by atoms with E-state index >= 15 is 0 Å². The third kappa shape index (κ3) is 3.59. The standard InChI is InChI=1S/C20H15FN4O3S/c1-28-17-6-8-18(9-7-17)29(26,27)25-23-19(14-2-4-16(21)5-3-14)20(24-25)15-10-12-22-13-11-15/h2-13H,1H3. The van der Waals surface area contributed by atoms with E-state index in [0.29, 0.717) is 32.5 Å². The van der Waals surface area contributed by atoms with E-state index in [-0.39, 0.29) is 4.90 Å². The molecule has 146 valence electrons. The van der Waals surface area contributed by atoms with Gasteiger partial charge in [0.1, 0.15) is 23.0 Å². The van der Waals surface area contributed by atoms with E-state index in [1.54, 1.807) is 36.7 Å². The molecule has 0 N–H and O–H groups in total. The van der Waals surface area contributed by atoms with Crippen molar-refractivity contribution in [1.82, 2.24) is 19.4 Å². The molecular weight excluding hydrogens is 395 g/mol. The molecule has 7 nitrogen and oxygen atoms in total. The molecule has 0 aliphatic rings. The van der Waals surface area contributed by atoms with Crippen LogP contribution in [0.1, 0.15) is 0 Å². The minimum atomic E-state index is -4.04. The molecule has 2 aromatic carbocycles. The van der Waals surface area contributed by atoms with Gasteiger partial charge in [-0.25, -0.2) is 4.39 Å². The molecule has 9 heteroatoms. The van der Waals surface area contributed by atoms with Crippen molar-refractivity contribution < 1.29 is 17.5 Å². The Morgan fingerprint density at radius 1 is 0.828 bits per heavy atom. The van der Waals surface area contributed by atoms with Crippen molar-refractivity contribution in [2.24, 2.45) is 0 Å². The van der Waals surface area contributed by atoms with Crippen LogP contribution in [0, 0.1) is 5.82 Å². The molecule has 2 heterocycles. The van der Waals surface area contributed by atoms with Gasteiger partial charge in [0.05, 0.1) is 12.0 Å². The maximum Gasteiger partial charge on any atom is 0.299 e. The number of aromatic nitrogens is 4. The molecule has 4 aromatic rings. The molecule has 0 fully saturated rings. The predicted octanol–water partition coefficient (Wildman–Crippen LogP) is 3.39. The number of rotatable bonds is 5. The first-order valence-corrected chi connectivity index (χ1v) is 9.96. The molecule has 29 heavy (non-hydrogen) atoms. The fraction of sp³-hybridized carbons (Fsp3) is 0.0500. The van der Waals surface area contributed by atoms with Crippen molar-refractivity contribution in [2.75, 3.05) is 7.11 Å². The number of ether oxygens (including phenoxy) is 1. The fourth-order valence-corrected chi connectivity index (χ4v) is 3.79. The number of halogens is 1. The van der Waals surface area contributed by atoms with Crippen LogP contribution in [0.4, 0.5) is 4.39 Å². The van der Waals surface area contributed by atoms with E-state index in [0.717, 1.165) is 0 Å². The van der Waals surface area contributed by atoms with Crippen LogP contribution in [-0.4, -0.2) is 34.9 Å². The van der Waals surface area contributed by atoms with Crippen molar-refractivity contribution in [3.63, 3.8) is 0 Å². The van der Waals surface area contributed by atoms with Gasteiger partial charge in [0.2, 0.25) is 0 Å². The smallest absolute Gasteiger partial charge is 0.299 e. The Hall–Kier alpha value is -3.59. The Morgan fingerprint density at radius 2 is 1.38 bits per heavy atom. The predicted molar refractivity (Wildman–Crippen MR) is 104 cm³/mol. The van der Waals surface area contributed by atoms with Crippen molar-refractivity contribution in [3.05, 3.63) is 78.9 Å². The Morgan fingerprint density at radius 3 is 1.93 bits per heavy atom. The lowest BCUT2D eigenvalue weighted by atomic mass is 10.1. The van der Waals surface area contributed by atoms with Gasteiger partial charge in [0, 0.05) is 23.5 Å². The Balaban J connectivity index is 1.87.